The van der Waals surface area contributed by atoms with Gasteiger partial charge < -0.3 is 20.1 Å². The molecule has 7 heteroatoms. The molecule has 0 bridgehead atoms. The lowest BCUT2D eigenvalue weighted by Gasteiger charge is -2.12. The number of ether oxygens (including phenoxy) is 2. The highest BCUT2D eigenvalue weighted by Gasteiger charge is 2.21. The van der Waals surface area contributed by atoms with Crippen LogP contribution in [0.25, 0.3) is 0 Å². The third-order valence-corrected chi connectivity index (χ3v) is 3.66. The molecule has 2 N–H and O–H groups in total. The van der Waals surface area contributed by atoms with Gasteiger partial charge in [0.25, 0.3) is 0 Å². The number of amides is 1. The second-order valence-electron chi connectivity index (χ2n) is 5.28. The first-order chi connectivity index (χ1) is 11.3. The molecule has 24 heavy (non-hydrogen) atoms. The maximum Gasteiger partial charge on any atom is 0.241 e. The number of hydrogen-bond acceptors (Lipinski definition) is 5. The molecule has 2 aromatic rings. The van der Waals surface area contributed by atoms with Gasteiger partial charge in [-0.15, -0.1) is 12.4 Å². The number of anilines is 1. The van der Waals surface area contributed by atoms with Crippen LogP contribution in [0.5, 0.6) is 17.4 Å². The predicted octanol–water partition coefficient (Wildman–Crippen LogP) is 2.99. The van der Waals surface area contributed by atoms with Crippen LogP contribution in [0.1, 0.15) is 12.8 Å². The van der Waals surface area contributed by atoms with Crippen molar-refractivity contribution < 1.29 is 14.3 Å². The summed E-state index contributed by atoms with van der Waals surface area (Å²) in [6.07, 6.45) is 3.48. The van der Waals surface area contributed by atoms with Gasteiger partial charge in [0.15, 0.2) is 11.5 Å². The van der Waals surface area contributed by atoms with Gasteiger partial charge in [0, 0.05) is 6.07 Å². The standard InChI is InChI=1S/C17H19N3O3.ClH/c1-22-14-6-2-3-7-15(14)23-16-9-8-12(11-19-16)20-17(21)13-5-4-10-18-13;/h2-3,6-9,11,13,18H,4-5,10H2,1H3,(H,20,21);1H. The van der Waals surface area contributed by atoms with Crippen molar-refractivity contribution in [1.82, 2.24) is 10.3 Å². The Labute approximate surface area is 147 Å². The van der Waals surface area contributed by atoms with Crippen molar-refractivity contribution in [3.8, 4) is 17.4 Å². The molecule has 1 amide bonds. The topological polar surface area (TPSA) is 72.5 Å². The number of nitrogens with one attached hydrogen (secondary N) is 2. The molecule has 1 saturated heterocycles. The number of pyridine rings is 1. The second kappa shape index (κ2) is 8.52. The number of carbonyl (C=O) groups excluding carboxylic acids is 1. The van der Waals surface area contributed by atoms with Gasteiger partial charge in [0.05, 0.1) is 25.0 Å². The normalized spacial score (nSPS) is 16.1. The minimum atomic E-state index is -0.112. The number of carbonyl (C=O) groups is 1. The number of hydrogen-bond donors (Lipinski definition) is 2. The highest BCUT2D eigenvalue weighted by atomic mass is 35.5. The second-order valence-corrected chi connectivity index (χ2v) is 5.28. The maximum absolute atomic E-state index is 12.0. The van der Waals surface area contributed by atoms with E-state index in [1.165, 1.54) is 0 Å². The predicted molar refractivity (Wildman–Crippen MR) is 94.2 cm³/mol. The van der Waals surface area contributed by atoms with Crippen LogP contribution in [0.2, 0.25) is 0 Å². The van der Waals surface area contributed by atoms with Gasteiger partial charge in [0.1, 0.15) is 0 Å². The van der Waals surface area contributed by atoms with Crippen molar-refractivity contribution in [2.24, 2.45) is 0 Å². The van der Waals surface area contributed by atoms with E-state index in [0.717, 1.165) is 19.4 Å². The largest absolute Gasteiger partial charge is 0.493 e. The van der Waals surface area contributed by atoms with Crippen LogP contribution in [0.4, 0.5) is 5.69 Å². The fraction of sp³-hybridized carbons (Fsp3) is 0.294. The molecule has 6 nitrogen and oxygen atoms in total. The molecule has 128 valence electrons. The van der Waals surface area contributed by atoms with Crippen molar-refractivity contribution in [1.29, 1.82) is 0 Å². The quantitative estimate of drug-likeness (QED) is 0.868. The fourth-order valence-electron chi connectivity index (χ4n) is 2.47. The molecule has 2 heterocycles. The molecule has 0 saturated carbocycles. The number of nitrogens with zero attached hydrogens (tertiary/aromatic N) is 1. The Morgan fingerprint density at radius 3 is 2.67 bits per heavy atom. The van der Waals surface area contributed by atoms with E-state index in [-0.39, 0.29) is 24.4 Å². The number of benzene rings is 1. The molecule has 1 unspecified atom stereocenters. The van der Waals surface area contributed by atoms with Crippen LogP contribution >= 0.6 is 12.4 Å². The molecule has 3 rings (SSSR count). The lowest BCUT2D eigenvalue weighted by molar-refractivity contribution is -0.117. The van der Waals surface area contributed by atoms with Crippen molar-refractivity contribution in [2.45, 2.75) is 18.9 Å². The Hall–Kier alpha value is -2.31. The van der Waals surface area contributed by atoms with E-state index < -0.39 is 0 Å². The van der Waals surface area contributed by atoms with Gasteiger partial charge in [-0.2, -0.15) is 0 Å². The molecular weight excluding hydrogens is 330 g/mol. The lowest BCUT2D eigenvalue weighted by atomic mass is 10.2. The molecule has 0 radical (unpaired) electrons. The van der Waals surface area contributed by atoms with Gasteiger partial charge in [0.2, 0.25) is 11.8 Å². The zero-order valence-electron chi connectivity index (χ0n) is 13.3. The summed E-state index contributed by atoms with van der Waals surface area (Å²) >= 11 is 0. The number of rotatable bonds is 5. The summed E-state index contributed by atoms with van der Waals surface area (Å²) in [7, 11) is 1.59. The Morgan fingerprint density at radius 1 is 1.25 bits per heavy atom. The summed E-state index contributed by atoms with van der Waals surface area (Å²) in [6.45, 7) is 0.891. The average molecular weight is 350 g/mol. The highest BCUT2D eigenvalue weighted by Crippen LogP contribution is 2.30. The van der Waals surface area contributed by atoms with Crippen molar-refractivity contribution in [3.05, 3.63) is 42.6 Å². The Kier molecular flexibility index (Phi) is 6.40. The third-order valence-electron chi connectivity index (χ3n) is 3.66. The maximum atomic E-state index is 12.0. The SMILES string of the molecule is COc1ccccc1Oc1ccc(NC(=O)C2CCCN2)cn1.Cl. The van der Waals surface area contributed by atoms with E-state index in [2.05, 4.69) is 15.6 Å². The van der Waals surface area contributed by atoms with Crippen molar-refractivity contribution in [3.63, 3.8) is 0 Å². The summed E-state index contributed by atoms with van der Waals surface area (Å²) in [5.74, 6) is 1.64. The van der Waals surface area contributed by atoms with E-state index in [1.54, 1.807) is 25.4 Å². The Morgan fingerprint density at radius 2 is 2.04 bits per heavy atom. The number of para-hydroxylation sites is 2. The first-order valence-electron chi connectivity index (χ1n) is 7.57. The molecule has 1 aromatic carbocycles. The fourth-order valence-corrected chi connectivity index (χ4v) is 2.47. The zero-order chi connectivity index (χ0) is 16.1. The monoisotopic (exact) mass is 349 g/mol. The van der Waals surface area contributed by atoms with Gasteiger partial charge >= 0.3 is 0 Å². The van der Waals surface area contributed by atoms with Crippen LogP contribution in [-0.4, -0.2) is 30.6 Å². The van der Waals surface area contributed by atoms with Gasteiger partial charge in [-0.05, 0) is 37.6 Å². The van der Waals surface area contributed by atoms with Crippen LogP contribution in [0.15, 0.2) is 42.6 Å². The molecule has 1 fully saturated rings. The Balaban J connectivity index is 0.00000208. The summed E-state index contributed by atoms with van der Waals surface area (Å²) in [6, 6.07) is 10.7. The molecule has 0 aliphatic carbocycles. The third kappa shape index (κ3) is 4.37. The molecule has 1 atom stereocenters. The summed E-state index contributed by atoms with van der Waals surface area (Å²) in [5, 5.41) is 6.02. The van der Waals surface area contributed by atoms with Crippen LogP contribution < -0.4 is 20.1 Å². The summed E-state index contributed by atoms with van der Waals surface area (Å²) in [4.78, 5) is 16.2. The molecule has 0 spiro atoms. The van der Waals surface area contributed by atoms with E-state index in [4.69, 9.17) is 9.47 Å². The molecule has 1 aliphatic rings. The zero-order valence-corrected chi connectivity index (χ0v) is 14.1. The minimum Gasteiger partial charge on any atom is -0.493 e. The van der Waals surface area contributed by atoms with E-state index >= 15 is 0 Å². The number of aromatic nitrogens is 1. The first kappa shape index (κ1) is 18.0. The number of halogens is 1. The average Bonchev–Trinajstić information content (AvgIpc) is 3.12. The molecular formula is C17H20ClN3O3. The first-order valence-corrected chi connectivity index (χ1v) is 7.57. The van der Waals surface area contributed by atoms with Gasteiger partial charge in [-0.1, -0.05) is 12.1 Å². The summed E-state index contributed by atoms with van der Waals surface area (Å²) < 4.78 is 10.9. The minimum absolute atomic E-state index is 0. The van der Waals surface area contributed by atoms with Crippen LogP contribution in [-0.2, 0) is 4.79 Å². The van der Waals surface area contributed by atoms with E-state index in [9.17, 15) is 4.79 Å². The molecule has 1 aliphatic heterocycles. The van der Waals surface area contributed by atoms with Gasteiger partial charge in [-0.25, -0.2) is 4.98 Å². The lowest BCUT2D eigenvalue weighted by Crippen LogP contribution is -2.35. The van der Waals surface area contributed by atoms with E-state index in [1.807, 2.05) is 24.3 Å². The van der Waals surface area contributed by atoms with Crippen LogP contribution in [0, 0.1) is 0 Å². The highest BCUT2D eigenvalue weighted by molar-refractivity contribution is 5.94. The molecule has 1 aromatic heterocycles. The van der Waals surface area contributed by atoms with Crippen molar-refractivity contribution in [2.75, 3.05) is 19.0 Å². The van der Waals surface area contributed by atoms with Crippen LogP contribution in [0.3, 0.4) is 0 Å². The smallest absolute Gasteiger partial charge is 0.241 e. The van der Waals surface area contributed by atoms with Gasteiger partial charge in [-0.3, -0.25) is 4.79 Å². The van der Waals surface area contributed by atoms with Crippen molar-refractivity contribution >= 4 is 24.0 Å². The van der Waals surface area contributed by atoms with E-state index in [0.29, 0.717) is 23.1 Å². The summed E-state index contributed by atoms with van der Waals surface area (Å²) in [5.41, 5.74) is 0.649. The Bertz CT molecular complexity index is 673. The number of methoxy groups -OCH3 is 1.